The number of hydrogen-bond donors (Lipinski definition) is 0. The summed E-state index contributed by atoms with van der Waals surface area (Å²) in [6, 6.07) is 11.9. The van der Waals surface area contributed by atoms with Crippen molar-refractivity contribution in [2.75, 3.05) is 14.1 Å². The molecule has 0 spiro atoms. The molecular formula is C11H12N2. The van der Waals surface area contributed by atoms with Crippen LogP contribution in [0.5, 0.6) is 0 Å². The highest BCUT2D eigenvalue weighted by atomic mass is 15.1. The molecule has 0 heterocycles. The topological polar surface area (TPSA) is 27.0 Å². The minimum atomic E-state index is 0.933. The Labute approximate surface area is 78.7 Å². The largest absolute Gasteiger partial charge is 0.377 e. The summed E-state index contributed by atoms with van der Waals surface area (Å²) < 4.78 is 0. The fourth-order valence-corrected chi connectivity index (χ4v) is 1.14. The highest BCUT2D eigenvalue weighted by molar-refractivity contribution is 5.65. The third-order valence-electron chi connectivity index (χ3n) is 1.75. The van der Waals surface area contributed by atoms with Crippen molar-refractivity contribution in [1.29, 1.82) is 5.26 Å². The average Bonchev–Trinajstić information content (AvgIpc) is 2.15. The Morgan fingerprint density at radius 1 is 1.31 bits per heavy atom. The van der Waals surface area contributed by atoms with Crippen LogP contribution >= 0.6 is 0 Å². The molecule has 0 atom stereocenters. The molecule has 0 aromatic heterocycles. The minimum absolute atomic E-state index is 0.933. The van der Waals surface area contributed by atoms with Gasteiger partial charge in [-0.15, -0.1) is 0 Å². The van der Waals surface area contributed by atoms with E-state index in [9.17, 15) is 0 Å². The molecule has 0 bridgehead atoms. The zero-order valence-corrected chi connectivity index (χ0v) is 7.86. The summed E-state index contributed by atoms with van der Waals surface area (Å²) in [5.41, 5.74) is 2.00. The molecule has 1 aromatic carbocycles. The molecule has 0 fully saturated rings. The van der Waals surface area contributed by atoms with E-state index in [1.54, 1.807) is 6.08 Å². The maximum Gasteiger partial charge on any atom is 0.0933 e. The van der Waals surface area contributed by atoms with Crippen molar-refractivity contribution in [3.8, 4) is 6.07 Å². The molecule has 0 aliphatic carbocycles. The second kappa shape index (κ2) is 4.32. The first-order valence-corrected chi connectivity index (χ1v) is 4.08. The first-order valence-electron chi connectivity index (χ1n) is 4.08. The summed E-state index contributed by atoms with van der Waals surface area (Å²) in [5, 5.41) is 8.59. The Balaban J connectivity index is 3.05. The molecule has 13 heavy (non-hydrogen) atoms. The van der Waals surface area contributed by atoms with Gasteiger partial charge in [-0.05, 0) is 5.56 Å². The zero-order chi connectivity index (χ0) is 9.68. The maximum absolute atomic E-state index is 8.59. The lowest BCUT2D eigenvalue weighted by atomic mass is 10.1. The van der Waals surface area contributed by atoms with Crippen molar-refractivity contribution < 1.29 is 0 Å². The molecule has 66 valence electrons. The van der Waals surface area contributed by atoms with Gasteiger partial charge in [-0.1, -0.05) is 30.3 Å². The van der Waals surface area contributed by atoms with Crippen molar-refractivity contribution in [1.82, 2.24) is 4.90 Å². The van der Waals surface area contributed by atoms with Crippen LogP contribution in [0.25, 0.3) is 5.70 Å². The van der Waals surface area contributed by atoms with Gasteiger partial charge in [0.25, 0.3) is 0 Å². The van der Waals surface area contributed by atoms with Crippen LogP contribution in [0.1, 0.15) is 5.56 Å². The molecule has 2 heteroatoms. The third kappa shape index (κ3) is 2.34. The summed E-state index contributed by atoms with van der Waals surface area (Å²) in [7, 11) is 3.85. The van der Waals surface area contributed by atoms with E-state index in [0.29, 0.717) is 0 Å². The summed E-state index contributed by atoms with van der Waals surface area (Å²) >= 11 is 0. The van der Waals surface area contributed by atoms with Gasteiger partial charge in [0.1, 0.15) is 0 Å². The molecule has 0 aliphatic rings. The van der Waals surface area contributed by atoms with Gasteiger partial charge >= 0.3 is 0 Å². The summed E-state index contributed by atoms with van der Waals surface area (Å²) in [6.07, 6.45) is 1.55. The van der Waals surface area contributed by atoms with E-state index in [1.807, 2.05) is 55.4 Å². The fraction of sp³-hybridized carbons (Fsp3) is 0.182. The van der Waals surface area contributed by atoms with Gasteiger partial charge in [0.05, 0.1) is 11.8 Å². The lowest BCUT2D eigenvalue weighted by molar-refractivity contribution is 0.592. The Morgan fingerprint density at radius 3 is 2.38 bits per heavy atom. The van der Waals surface area contributed by atoms with E-state index in [2.05, 4.69) is 0 Å². The fourth-order valence-electron chi connectivity index (χ4n) is 1.14. The molecule has 0 saturated heterocycles. The normalized spacial score (nSPS) is 10.7. The van der Waals surface area contributed by atoms with E-state index in [1.165, 1.54) is 0 Å². The van der Waals surface area contributed by atoms with Gasteiger partial charge in [0.2, 0.25) is 0 Å². The van der Waals surface area contributed by atoms with Gasteiger partial charge in [-0.2, -0.15) is 5.26 Å². The van der Waals surface area contributed by atoms with Crippen LogP contribution in [0.3, 0.4) is 0 Å². The van der Waals surface area contributed by atoms with Gasteiger partial charge in [-0.25, -0.2) is 0 Å². The molecular weight excluding hydrogens is 160 g/mol. The predicted molar refractivity (Wildman–Crippen MR) is 53.7 cm³/mol. The number of benzene rings is 1. The van der Waals surface area contributed by atoms with Crippen LogP contribution in [0.15, 0.2) is 36.4 Å². The highest BCUT2D eigenvalue weighted by Crippen LogP contribution is 2.14. The smallest absolute Gasteiger partial charge is 0.0933 e. The monoisotopic (exact) mass is 172 g/mol. The molecule has 0 radical (unpaired) electrons. The lowest BCUT2D eigenvalue weighted by Crippen LogP contribution is -2.09. The lowest BCUT2D eigenvalue weighted by Gasteiger charge is -2.15. The van der Waals surface area contributed by atoms with Gasteiger partial charge in [-0.3, -0.25) is 0 Å². The van der Waals surface area contributed by atoms with E-state index in [4.69, 9.17) is 5.26 Å². The molecule has 0 saturated carbocycles. The highest BCUT2D eigenvalue weighted by Gasteiger charge is 2.01. The van der Waals surface area contributed by atoms with E-state index < -0.39 is 0 Å². The minimum Gasteiger partial charge on any atom is -0.377 e. The van der Waals surface area contributed by atoms with Crippen LogP contribution < -0.4 is 0 Å². The Hall–Kier alpha value is -1.75. The van der Waals surface area contributed by atoms with Crippen molar-refractivity contribution in [3.05, 3.63) is 42.0 Å². The number of nitriles is 1. The first-order chi connectivity index (χ1) is 6.25. The van der Waals surface area contributed by atoms with E-state index >= 15 is 0 Å². The van der Waals surface area contributed by atoms with Crippen LogP contribution in [-0.2, 0) is 0 Å². The number of hydrogen-bond acceptors (Lipinski definition) is 2. The summed E-state index contributed by atoms with van der Waals surface area (Å²) in [6.45, 7) is 0. The quantitative estimate of drug-likeness (QED) is 0.639. The molecule has 0 aliphatic heterocycles. The van der Waals surface area contributed by atoms with Crippen LogP contribution in [-0.4, -0.2) is 19.0 Å². The van der Waals surface area contributed by atoms with Crippen LogP contribution in [0.2, 0.25) is 0 Å². The first kappa shape index (κ1) is 9.34. The Bertz CT molecular complexity index is 331. The zero-order valence-electron chi connectivity index (χ0n) is 7.86. The van der Waals surface area contributed by atoms with Crippen molar-refractivity contribution in [2.24, 2.45) is 0 Å². The third-order valence-corrected chi connectivity index (χ3v) is 1.75. The number of nitrogens with zero attached hydrogens (tertiary/aromatic N) is 2. The van der Waals surface area contributed by atoms with Gasteiger partial charge in [0.15, 0.2) is 0 Å². The maximum atomic E-state index is 8.59. The van der Waals surface area contributed by atoms with Crippen molar-refractivity contribution in [3.63, 3.8) is 0 Å². The van der Waals surface area contributed by atoms with Crippen molar-refractivity contribution >= 4 is 5.70 Å². The molecule has 0 unspecified atom stereocenters. The molecule has 0 N–H and O–H groups in total. The van der Waals surface area contributed by atoms with E-state index in [0.717, 1.165) is 11.3 Å². The van der Waals surface area contributed by atoms with Gasteiger partial charge in [0, 0.05) is 20.2 Å². The summed E-state index contributed by atoms with van der Waals surface area (Å²) in [4.78, 5) is 1.93. The van der Waals surface area contributed by atoms with Gasteiger partial charge < -0.3 is 4.90 Å². The second-order valence-corrected chi connectivity index (χ2v) is 2.92. The number of allylic oxidation sites excluding steroid dienone is 1. The van der Waals surface area contributed by atoms with Crippen LogP contribution in [0, 0.1) is 11.3 Å². The Kier molecular flexibility index (Phi) is 3.10. The second-order valence-electron chi connectivity index (χ2n) is 2.92. The molecule has 1 rings (SSSR count). The average molecular weight is 172 g/mol. The van der Waals surface area contributed by atoms with E-state index in [-0.39, 0.29) is 0 Å². The van der Waals surface area contributed by atoms with Crippen molar-refractivity contribution in [2.45, 2.75) is 0 Å². The molecule has 2 nitrogen and oxygen atoms in total. The molecule has 1 aromatic rings. The molecule has 0 amide bonds. The number of rotatable bonds is 2. The SMILES string of the molecule is CN(C)/C(=C\C#N)c1ccccc1. The Morgan fingerprint density at radius 2 is 1.92 bits per heavy atom. The predicted octanol–water partition coefficient (Wildman–Crippen LogP) is 2.11. The van der Waals surface area contributed by atoms with Crippen LogP contribution in [0.4, 0.5) is 0 Å². The summed E-state index contributed by atoms with van der Waals surface area (Å²) in [5.74, 6) is 0. The standard InChI is InChI=1S/C11H12N2/c1-13(2)11(8-9-12)10-6-4-3-5-7-10/h3-8H,1-2H3/b11-8-.